The van der Waals surface area contributed by atoms with Crippen LogP contribution in [0.1, 0.15) is 17.2 Å². The van der Waals surface area contributed by atoms with Gasteiger partial charge in [0.15, 0.2) is 11.8 Å². The fraction of sp³-hybridized carbons (Fsp3) is 0.0870. The van der Waals surface area contributed by atoms with E-state index in [4.69, 9.17) is 4.74 Å². The van der Waals surface area contributed by atoms with E-state index in [9.17, 15) is 9.18 Å². The van der Waals surface area contributed by atoms with Gasteiger partial charge in [-0.1, -0.05) is 42.5 Å². The summed E-state index contributed by atoms with van der Waals surface area (Å²) in [5.41, 5.74) is 3.39. The van der Waals surface area contributed by atoms with E-state index in [0.29, 0.717) is 23.2 Å². The average molecular weight is 372 g/mol. The number of ether oxygens (including phenoxy) is 1. The second kappa shape index (κ2) is 6.53. The molecule has 3 aromatic carbocycles. The Labute approximate surface area is 161 Å². The summed E-state index contributed by atoms with van der Waals surface area (Å²) in [5.74, 6) is -0.182. The van der Waals surface area contributed by atoms with Crippen LogP contribution in [0, 0.1) is 5.82 Å². The van der Waals surface area contributed by atoms with Gasteiger partial charge in [0, 0.05) is 29.2 Å². The van der Waals surface area contributed by atoms with E-state index in [1.807, 2.05) is 53.4 Å². The van der Waals surface area contributed by atoms with Crippen molar-refractivity contribution in [1.82, 2.24) is 4.98 Å². The lowest BCUT2D eigenvalue weighted by Crippen LogP contribution is -2.40. The molecule has 28 heavy (non-hydrogen) atoms. The third-order valence-electron chi connectivity index (χ3n) is 5.09. The molecule has 2 heterocycles. The van der Waals surface area contributed by atoms with Gasteiger partial charge in [0.25, 0.3) is 0 Å². The largest absolute Gasteiger partial charge is 0.423 e. The van der Waals surface area contributed by atoms with E-state index in [1.54, 1.807) is 18.3 Å². The molecule has 0 aliphatic carbocycles. The van der Waals surface area contributed by atoms with Gasteiger partial charge in [0.05, 0.1) is 5.69 Å². The minimum Gasteiger partial charge on any atom is -0.423 e. The topological polar surface area (TPSA) is 45.3 Å². The number of nitrogens with zero attached hydrogens (tertiary/aromatic N) is 1. The number of nitrogens with one attached hydrogen (secondary N) is 1. The molecule has 1 aromatic heterocycles. The fourth-order valence-electron chi connectivity index (χ4n) is 3.80. The molecule has 1 aliphatic rings. The number of halogens is 1. The van der Waals surface area contributed by atoms with E-state index in [1.165, 1.54) is 12.1 Å². The third kappa shape index (κ3) is 2.72. The monoisotopic (exact) mass is 372 g/mol. The number of fused-ring (bicyclic) bond motifs is 2. The normalized spacial score (nSPS) is 16.1. The van der Waals surface area contributed by atoms with Gasteiger partial charge in [-0.25, -0.2) is 9.18 Å². The lowest BCUT2D eigenvalue weighted by molar-refractivity contribution is -0.136. The second-order valence-corrected chi connectivity index (χ2v) is 6.84. The van der Waals surface area contributed by atoms with Crippen LogP contribution in [-0.2, 0) is 11.3 Å². The van der Waals surface area contributed by atoms with Crippen LogP contribution in [0.25, 0.3) is 10.9 Å². The number of benzene rings is 3. The van der Waals surface area contributed by atoms with E-state index < -0.39 is 6.04 Å². The van der Waals surface area contributed by atoms with Gasteiger partial charge in [-0.2, -0.15) is 0 Å². The number of carbonyl (C=O) groups excluding carboxylic acids is 1. The van der Waals surface area contributed by atoms with Gasteiger partial charge >= 0.3 is 5.97 Å². The van der Waals surface area contributed by atoms with E-state index >= 15 is 0 Å². The van der Waals surface area contributed by atoms with E-state index in [-0.39, 0.29) is 11.8 Å². The molecular weight excluding hydrogens is 355 g/mol. The third-order valence-corrected chi connectivity index (χ3v) is 5.09. The first-order valence-electron chi connectivity index (χ1n) is 9.08. The molecule has 0 amide bonds. The van der Waals surface area contributed by atoms with Gasteiger partial charge in [0.1, 0.15) is 5.82 Å². The Kier molecular flexibility index (Phi) is 3.86. The van der Waals surface area contributed by atoms with E-state index in [2.05, 4.69) is 4.98 Å². The molecule has 1 aliphatic heterocycles. The summed E-state index contributed by atoms with van der Waals surface area (Å²) in [6.07, 6.45) is 1.77. The Morgan fingerprint density at radius 3 is 2.64 bits per heavy atom. The summed E-state index contributed by atoms with van der Waals surface area (Å²) in [7, 11) is 0. The van der Waals surface area contributed by atoms with Crippen molar-refractivity contribution in [3.63, 3.8) is 0 Å². The number of aromatic nitrogens is 1. The first-order valence-corrected chi connectivity index (χ1v) is 9.08. The van der Waals surface area contributed by atoms with Gasteiger partial charge in [-0.05, 0) is 35.9 Å². The average Bonchev–Trinajstić information content (AvgIpc) is 3.11. The van der Waals surface area contributed by atoms with Crippen molar-refractivity contribution in [2.45, 2.75) is 12.6 Å². The first kappa shape index (κ1) is 16.6. The van der Waals surface area contributed by atoms with Crippen LogP contribution in [0.4, 0.5) is 10.1 Å². The summed E-state index contributed by atoms with van der Waals surface area (Å²) in [4.78, 5) is 18.2. The van der Waals surface area contributed by atoms with Crippen LogP contribution in [0.3, 0.4) is 0 Å². The number of rotatable bonds is 3. The van der Waals surface area contributed by atoms with Crippen molar-refractivity contribution in [3.8, 4) is 5.75 Å². The van der Waals surface area contributed by atoms with Crippen LogP contribution in [-0.4, -0.2) is 11.0 Å². The fourth-order valence-corrected chi connectivity index (χ4v) is 3.80. The number of esters is 1. The number of carbonyl (C=O) groups is 1. The Balaban J connectivity index is 1.67. The number of hydrogen-bond acceptors (Lipinski definition) is 3. The molecule has 0 fully saturated rings. The summed E-state index contributed by atoms with van der Waals surface area (Å²) in [6, 6.07) is 21.3. The Morgan fingerprint density at radius 2 is 1.79 bits per heavy atom. The van der Waals surface area contributed by atoms with Crippen LogP contribution in [0.5, 0.6) is 5.75 Å². The van der Waals surface area contributed by atoms with Crippen LogP contribution in [0.15, 0.2) is 79.0 Å². The zero-order chi connectivity index (χ0) is 19.1. The van der Waals surface area contributed by atoms with Gasteiger partial charge in [-0.3, -0.25) is 0 Å². The van der Waals surface area contributed by atoms with Crippen molar-refractivity contribution in [3.05, 3.63) is 95.9 Å². The Morgan fingerprint density at radius 1 is 1.00 bits per heavy atom. The van der Waals surface area contributed by atoms with Crippen molar-refractivity contribution in [1.29, 1.82) is 0 Å². The molecule has 5 rings (SSSR count). The van der Waals surface area contributed by atoms with Gasteiger partial charge in [0.2, 0.25) is 0 Å². The van der Waals surface area contributed by atoms with Gasteiger partial charge < -0.3 is 14.6 Å². The summed E-state index contributed by atoms with van der Waals surface area (Å²) in [6.45, 7) is 0.527. The number of aromatic amines is 1. The van der Waals surface area contributed by atoms with Crippen LogP contribution in [0.2, 0.25) is 0 Å². The maximum atomic E-state index is 13.9. The number of para-hydroxylation sites is 2. The summed E-state index contributed by atoms with van der Waals surface area (Å²) >= 11 is 0. The Hall–Kier alpha value is -3.60. The minimum atomic E-state index is -0.675. The number of anilines is 1. The predicted molar refractivity (Wildman–Crippen MR) is 106 cm³/mol. The maximum Gasteiger partial charge on any atom is 0.339 e. The number of H-pyrrole nitrogens is 1. The number of hydrogen-bond donors (Lipinski definition) is 1. The van der Waals surface area contributed by atoms with E-state index in [0.717, 1.165) is 16.8 Å². The highest BCUT2D eigenvalue weighted by molar-refractivity contribution is 5.95. The molecule has 138 valence electrons. The molecule has 5 heteroatoms. The molecule has 0 bridgehead atoms. The maximum absolute atomic E-state index is 13.9. The lowest BCUT2D eigenvalue weighted by atomic mass is 10.0. The molecule has 4 aromatic rings. The predicted octanol–water partition coefficient (Wildman–Crippen LogP) is 4.97. The lowest BCUT2D eigenvalue weighted by Gasteiger charge is -2.37. The van der Waals surface area contributed by atoms with Crippen molar-refractivity contribution in [2.75, 3.05) is 4.90 Å². The smallest absolute Gasteiger partial charge is 0.339 e. The Bertz CT molecular complexity index is 1170. The van der Waals surface area contributed by atoms with Crippen LogP contribution >= 0.6 is 0 Å². The molecule has 0 saturated carbocycles. The van der Waals surface area contributed by atoms with Crippen molar-refractivity contribution >= 4 is 22.6 Å². The first-order chi connectivity index (χ1) is 13.7. The van der Waals surface area contributed by atoms with Crippen molar-refractivity contribution in [2.24, 2.45) is 0 Å². The van der Waals surface area contributed by atoms with Crippen molar-refractivity contribution < 1.29 is 13.9 Å². The molecule has 0 saturated heterocycles. The molecule has 1 unspecified atom stereocenters. The SMILES string of the molecule is O=C1Oc2ccccc2N(Cc2ccccc2)C1c1c[nH]c2ccc(F)cc12. The molecular formula is C23H17FN2O2. The molecule has 1 atom stereocenters. The standard InChI is InChI=1S/C23H17FN2O2/c24-16-10-11-19-17(12-16)18(13-25-19)22-23(27)28-21-9-5-4-8-20(21)26(22)14-15-6-2-1-3-7-15/h1-13,22,25H,14H2. The van der Waals surface area contributed by atoms with Crippen LogP contribution < -0.4 is 9.64 Å². The molecule has 4 nitrogen and oxygen atoms in total. The minimum absolute atomic E-state index is 0.340. The highest BCUT2D eigenvalue weighted by Crippen LogP contribution is 2.42. The molecule has 1 N–H and O–H groups in total. The highest BCUT2D eigenvalue weighted by Gasteiger charge is 2.37. The summed E-state index contributed by atoms with van der Waals surface area (Å²) in [5, 5.41) is 0.680. The second-order valence-electron chi connectivity index (χ2n) is 6.84. The zero-order valence-electron chi connectivity index (χ0n) is 14.9. The summed E-state index contributed by atoms with van der Waals surface area (Å²) < 4.78 is 19.5. The highest BCUT2D eigenvalue weighted by atomic mass is 19.1. The molecule has 0 radical (unpaired) electrons. The quantitative estimate of drug-likeness (QED) is 0.408. The molecule has 0 spiro atoms. The van der Waals surface area contributed by atoms with Gasteiger partial charge in [-0.15, -0.1) is 0 Å². The zero-order valence-corrected chi connectivity index (χ0v) is 14.9.